The van der Waals surface area contributed by atoms with Gasteiger partial charge in [0, 0.05) is 24.4 Å². The zero-order valence-corrected chi connectivity index (χ0v) is 14.7. The summed E-state index contributed by atoms with van der Waals surface area (Å²) in [6.07, 6.45) is 4.34. The first kappa shape index (κ1) is 18.3. The number of hydrogen-bond donors (Lipinski definition) is 1. The molecule has 21 heavy (non-hydrogen) atoms. The summed E-state index contributed by atoms with van der Waals surface area (Å²) in [5.41, 5.74) is 7.30. The predicted octanol–water partition coefficient (Wildman–Crippen LogP) is 3.55. The molecule has 1 rings (SSSR count). The van der Waals surface area contributed by atoms with Crippen LogP contribution in [0, 0.1) is 0 Å². The third kappa shape index (κ3) is 5.53. The summed E-state index contributed by atoms with van der Waals surface area (Å²) in [6, 6.07) is 9.22. The van der Waals surface area contributed by atoms with E-state index in [0.29, 0.717) is 12.6 Å². The highest BCUT2D eigenvalue weighted by Gasteiger charge is 2.21. The van der Waals surface area contributed by atoms with Gasteiger partial charge in [0.05, 0.1) is 6.61 Å². The maximum Gasteiger partial charge on any atom is 0.119 e. The van der Waals surface area contributed by atoms with Crippen molar-refractivity contribution >= 4 is 11.8 Å². The third-order valence-electron chi connectivity index (χ3n) is 3.86. The minimum absolute atomic E-state index is 0.266. The molecule has 0 amide bonds. The van der Waals surface area contributed by atoms with Gasteiger partial charge in [0.25, 0.3) is 0 Å². The Bertz CT molecular complexity index is 383. The molecule has 4 heteroatoms. The number of nitrogens with two attached hydrogens (primary N) is 1. The van der Waals surface area contributed by atoms with E-state index in [4.69, 9.17) is 10.5 Å². The Balaban J connectivity index is 2.78. The first-order valence-corrected chi connectivity index (χ1v) is 9.20. The van der Waals surface area contributed by atoms with Crippen molar-refractivity contribution in [3.63, 3.8) is 0 Å². The maximum absolute atomic E-state index is 6.03. The number of hydrogen-bond acceptors (Lipinski definition) is 4. The molecule has 0 bridgehead atoms. The number of benzene rings is 1. The molecular formula is C17H30N2OS. The van der Waals surface area contributed by atoms with E-state index in [2.05, 4.69) is 56.3 Å². The molecule has 1 aromatic rings. The van der Waals surface area contributed by atoms with E-state index in [1.165, 1.54) is 5.56 Å². The van der Waals surface area contributed by atoms with Crippen molar-refractivity contribution in [1.82, 2.24) is 4.90 Å². The molecular weight excluding hydrogens is 280 g/mol. The van der Waals surface area contributed by atoms with Gasteiger partial charge in [-0.05, 0) is 43.8 Å². The molecule has 3 nitrogen and oxygen atoms in total. The second-order valence-corrected chi connectivity index (χ2v) is 6.26. The minimum atomic E-state index is 0.266. The first-order chi connectivity index (χ1) is 10.2. The van der Waals surface area contributed by atoms with Crippen molar-refractivity contribution in [1.29, 1.82) is 0 Å². The number of thioether (sulfide) groups is 1. The van der Waals surface area contributed by atoms with Crippen LogP contribution in [0.15, 0.2) is 24.3 Å². The Hall–Kier alpha value is -0.710. The molecule has 1 aromatic carbocycles. The zero-order valence-electron chi connectivity index (χ0n) is 13.8. The van der Waals surface area contributed by atoms with Gasteiger partial charge in [-0.2, -0.15) is 11.8 Å². The molecule has 0 aliphatic heterocycles. The summed E-state index contributed by atoms with van der Waals surface area (Å²) in [5, 5.41) is 0. The van der Waals surface area contributed by atoms with Crippen LogP contribution in [0.1, 0.15) is 38.3 Å². The van der Waals surface area contributed by atoms with Gasteiger partial charge < -0.3 is 10.5 Å². The van der Waals surface area contributed by atoms with Crippen molar-refractivity contribution in [2.75, 3.05) is 32.2 Å². The van der Waals surface area contributed by atoms with Gasteiger partial charge in [0.1, 0.15) is 5.75 Å². The Morgan fingerprint density at radius 1 is 1.24 bits per heavy atom. The van der Waals surface area contributed by atoms with Crippen LogP contribution in [0.3, 0.4) is 0 Å². The largest absolute Gasteiger partial charge is 0.494 e. The quantitative estimate of drug-likeness (QED) is 0.717. The van der Waals surface area contributed by atoms with Crippen LogP contribution in [0.4, 0.5) is 0 Å². The van der Waals surface area contributed by atoms with E-state index in [9.17, 15) is 0 Å². The monoisotopic (exact) mass is 310 g/mol. The summed E-state index contributed by atoms with van der Waals surface area (Å²) in [7, 11) is 2.18. The molecule has 2 atom stereocenters. The summed E-state index contributed by atoms with van der Waals surface area (Å²) >= 11 is 1.89. The van der Waals surface area contributed by atoms with E-state index in [-0.39, 0.29) is 6.04 Å². The summed E-state index contributed by atoms with van der Waals surface area (Å²) < 4.78 is 5.64. The van der Waals surface area contributed by atoms with Gasteiger partial charge in [-0.15, -0.1) is 0 Å². The Labute approximate surface area is 134 Å². The fourth-order valence-corrected chi connectivity index (χ4v) is 3.37. The van der Waals surface area contributed by atoms with Crippen LogP contribution in [-0.4, -0.2) is 43.1 Å². The van der Waals surface area contributed by atoms with Crippen LogP contribution in [0.5, 0.6) is 5.75 Å². The SMILES string of the molecule is CCCOc1ccc(C(CN)N(C)C(CC)CSC)cc1. The van der Waals surface area contributed by atoms with Gasteiger partial charge in [-0.1, -0.05) is 26.0 Å². The van der Waals surface area contributed by atoms with Crippen molar-refractivity contribution in [3.8, 4) is 5.75 Å². The van der Waals surface area contributed by atoms with Gasteiger partial charge in [0.15, 0.2) is 0 Å². The molecule has 0 saturated carbocycles. The average Bonchev–Trinajstić information content (AvgIpc) is 2.52. The highest BCUT2D eigenvalue weighted by molar-refractivity contribution is 7.98. The second-order valence-electron chi connectivity index (χ2n) is 5.35. The standard InChI is InChI=1S/C17H30N2OS/c1-5-11-20-16-9-7-14(8-10-16)17(12-18)19(3)15(6-2)13-21-4/h7-10,15,17H,5-6,11-13,18H2,1-4H3. The van der Waals surface area contributed by atoms with E-state index < -0.39 is 0 Å². The molecule has 120 valence electrons. The van der Waals surface area contributed by atoms with E-state index in [1.807, 2.05) is 11.8 Å². The van der Waals surface area contributed by atoms with Crippen LogP contribution < -0.4 is 10.5 Å². The van der Waals surface area contributed by atoms with Crippen molar-refractivity contribution in [2.24, 2.45) is 5.73 Å². The molecule has 0 aliphatic rings. The van der Waals surface area contributed by atoms with Gasteiger partial charge >= 0.3 is 0 Å². The van der Waals surface area contributed by atoms with Crippen LogP contribution in [-0.2, 0) is 0 Å². The lowest BCUT2D eigenvalue weighted by Crippen LogP contribution is -2.39. The van der Waals surface area contributed by atoms with Crippen LogP contribution in [0.25, 0.3) is 0 Å². The van der Waals surface area contributed by atoms with Crippen molar-refractivity contribution in [2.45, 2.75) is 38.8 Å². The van der Waals surface area contributed by atoms with Gasteiger partial charge in [-0.25, -0.2) is 0 Å². The molecule has 0 spiro atoms. The first-order valence-electron chi connectivity index (χ1n) is 7.81. The Morgan fingerprint density at radius 2 is 1.90 bits per heavy atom. The molecule has 2 unspecified atom stereocenters. The zero-order chi connectivity index (χ0) is 15.7. The predicted molar refractivity (Wildman–Crippen MR) is 94.2 cm³/mol. The number of rotatable bonds is 10. The molecule has 0 aromatic heterocycles. The van der Waals surface area contributed by atoms with Crippen molar-refractivity contribution in [3.05, 3.63) is 29.8 Å². The Morgan fingerprint density at radius 3 is 2.38 bits per heavy atom. The number of likely N-dealkylation sites (N-methyl/N-ethyl adjacent to an activating group) is 1. The van der Waals surface area contributed by atoms with Gasteiger partial charge in [-0.3, -0.25) is 4.90 Å². The summed E-state index contributed by atoms with van der Waals surface area (Å²) in [6.45, 7) is 5.76. The van der Waals surface area contributed by atoms with E-state index in [1.54, 1.807) is 0 Å². The fourth-order valence-electron chi connectivity index (χ4n) is 2.51. The Kier molecular flexibility index (Phi) is 8.81. The third-order valence-corrected chi connectivity index (χ3v) is 4.58. The van der Waals surface area contributed by atoms with E-state index in [0.717, 1.165) is 31.0 Å². The summed E-state index contributed by atoms with van der Waals surface area (Å²) in [4.78, 5) is 2.42. The molecule has 2 N–H and O–H groups in total. The molecule has 0 aliphatic carbocycles. The minimum Gasteiger partial charge on any atom is -0.494 e. The molecule has 0 heterocycles. The van der Waals surface area contributed by atoms with E-state index >= 15 is 0 Å². The molecule has 0 saturated heterocycles. The highest BCUT2D eigenvalue weighted by Crippen LogP contribution is 2.25. The second kappa shape index (κ2) is 10.1. The maximum atomic E-state index is 6.03. The average molecular weight is 311 g/mol. The van der Waals surface area contributed by atoms with Gasteiger partial charge in [0.2, 0.25) is 0 Å². The number of nitrogens with zero attached hydrogens (tertiary/aromatic N) is 1. The summed E-state index contributed by atoms with van der Waals surface area (Å²) in [5.74, 6) is 2.08. The van der Waals surface area contributed by atoms with Crippen LogP contribution >= 0.6 is 11.8 Å². The van der Waals surface area contributed by atoms with Crippen molar-refractivity contribution < 1.29 is 4.74 Å². The topological polar surface area (TPSA) is 38.5 Å². The smallest absolute Gasteiger partial charge is 0.119 e. The number of ether oxygens (including phenoxy) is 1. The lowest BCUT2D eigenvalue weighted by molar-refractivity contribution is 0.188. The molecule has 0 fully saturated rings. The fraction of sp³-hybridized carbons (Fsp3) is 0.647. The van der Waals surface area contributed by atoms with Crippen LogP contribution in [0.2, 0.25) is 0 Å². The normalized spacial score (nSPS) is 14.2. The highest BCUT2D eigenvalue weighted by atomic mass is 32.2. The lowest BCUT2D eigenvalue weighted by atomic mass is 10.0. The molecule has 0 radical (unpaired) electrons. The lowest BCUT2D eigenvalue weighted by Gasteiger charge is -2.34.